The van der Waals surface area contributed by atoms with Crippen LogP contribution in [0.15, 0.2) is 0 Å². The van der Waals surface area contributed by atoms with Gasteiger partial charge in [-0.1, -0.05) is 13.8 Å². The van der Waals surface area contributed by atoms with E-state index < -0.39 is 23.9 Å². The highest BCUT2D eigenvalue weighted by atomic mass is 16.4. The predicted octanol–water partition coefficient (Wildman–Crippen LogP) is -0.197. The lowest BCUT2D eigenvalue weighted by Crippen LogP contribution is -2.47. The Morgan fingerprint density at radius 3 is 2.39 bits per heavy atom. The molecule has 0 spiro atoms. The first-order chi connectivity index (χ1) is 8.22. The summed E-state index contributed by atoms with van der Waals surface area (Å²) in [4.78, 5) is 33.0. The van der Waals surface area contributed by atoms with Gasteiger partial charge in [0.25, 0.3) is 0 Å². The molecular weight excluding hydrogens is 238 g/mol. The molecule has 0 radical (unpaired) electrons. The van der Waals surface area contributed by atoms with Crippen LogP contribution in [0.1, 0.15) is 33.1 Å². The summed E-state index contributed by atoms with van der Waals surface area (Å²) < 4.78 is 0. The van der Waals surface area contributed by atoms with Crippen molar-refractivity contribution in [3.63, 3.8) is 0 Å². The number of primary amides is 1. The van der Waals surface area contributed by atoms with Gasteiger partial charge in [0.1, 0.15) is 6.04 Å². The maximum absolute atomic E-state index is 11.5. The van der Waals surface area contributed by atoms with Gasteiger partial charge in [-0.05, 0) is 18.3 Å². The summed E-state index contributed by atoms with van der Waals surface area (Å²) in [6.07, 6.45) is 0.789. The van der Waals surface area contributed by atoms with Crippen LogP contribution in [0, 0.1) is 5.41 Å². The highest BCUT2D eigenvalue weighted by Gasteiger charge is 2.46. The van der Waals surface area contributed by atoms with Gasteiger partial charge >= 0.3 is 12.0 Å². The van der Waals surface area contributed by atoms with Crippen molar-refractivity contribution in [3.8, 4) is 0 Å². The molecule has 102 valence electrons. The lowest BCUT2D eigenvalue weighted by molar-refractivity contribution is -0.139. The van der Waals surface area contributed by atoms with Crippen LogP contribution >= 0.6 is 0 Å². The zero-order valence-corrected chi connectivity index (χ0v) is 10.5. The Hall–Kier alpha value is -1.79. The first kappa shape index (κ1) is 14.3. The van der Waals surface area contributed by atoms with Crippen molar-refractivity contribution in [3.05, 3.63) is 0 Å². The molecule has 2 unspecified atom stereocenters. The average molecular weight is 257 g/mol. The lowest BCUT2D eigenvalue weighted by atomic mass is 10.1. The van der Waals surface area contributed by atoms with Gasteiger partial charge in [-0.2, -0.15) is 0 Å². The molecule has 1 aliphatic rings. The number of nitrogens with two attached hydrogens (primary N) is 1. The highest BCUT2D eigenvalue weighted by molar-refractivity contribution is 5.83. The number of amides is 3. The lowest BCUT2D eigenvalue weighted by Gasteiger charge is -2.15. The topological polar surface area (TPSA) is 122 Å². The van der Waals surface area contributed by atoms with Crippen LogP contribution in [-0.2, 0) is 9.59 Å². The van der Waals surface area contributed by atoms with Crippen molar-refractivity contribution < 1.29 is 19.5 Å². The van der Waals surface area contributed by atoms with E-state index in [9.17, 15) is 14.4 Å². The summed E-state index contributed by atoms with van der Waals surface area (Å²) in [5, 5.41) is 13.9. The van der Waals surface area contributed by atoms with E-state index in [0.29, 0.717) is 0 Å². The molecule has 0 aromatic carbocycles. The molecule has 18 heavy (non-hydrogen) atoms. The number of hydrogen-bond donors (Lipinski definition) is 4. The fourth-order valence-electron chi connectivity index (χ4n) is 1.62. The second-order valence-corrected chi connectivity index (χ2v) is 5.26. The largest absolute Gasteiger partial charge is 0.480 e. The van der Waals surface area contributed by atoms with E-state index in [4.69, 9.17) is 10.8 Å². The Morgan fingerprint density at radius 2 is 2.00 bits per heavy atom. The standard InChI is InChI=1S/C11H19N3O4/c1-11(2)5-7(11)14-10(18)13-6(9(16)17)3-4-8(12)15/h6-7H,3-5H2,1-2H3,(H2,12,15)(H,16,17)(H2,13,14,18). The van der Waals surface area contributed by atoms with Crippen molar-refractivity contribution in [1.29, 1.82) is 0 Å². The Kier molecular flexibility index (Phi) is 4.15. The van der Waals surface area contributed by atoms with Crippen LogP contribution in [0.4, 0.5) is 4.79 Å². The molecule has 0 aromatic rings. The van der Waals surface area contributed by atoms with E-state index in [1.807, 2.05) is 13.8 Å². The minimum Gasteiger partial charge on any atom is -0.480 e. The molecule has 0 heterocycles. The normalized spacial score (nSPS) is 21.8. The summed E-state index contributed by atoms with van der Waals surface area (Å²) >= 11 is 0. The van der Waals surface area contributed by atoms with E-state index in [2.05, 4.69) is 10.6 Å². The SMILES string of the molecule is CC1(C)CC1NC(=O)NC(CCC(N)=O)C(=O)O. The molecule has 0 bridgehead atoms. The first-order valence-corrected chi connectivity index (χ1v) is 5.80. The van der Waals surface area contributed by atoms with Crippen LogP contribution in [0.25, 0.3) is 0 Å². The number of carbonyl (C=O) groups excluding carboxylic acids is 2. The van der Waals surface area contributed by atoms with Gasteiger partial charge in [0.05, 0.1) is 0 Å². The van der Waals surface area contributed by atoms with Crippen LogP contribution in [-0.4, -0.2) is 35.1 Å². The monoisotopic (exact) mass is 257 g/mol. The molecule has 0 aromatic heterocycles. The molecule has 3 amide bonds. The Balaban J connectivity index is 2.38. The van der Waals surface area contributed by atoms with Crippen molar-refractivity contribution >= 4 is 17.9 Å². The van der Waals surface area contributed by atoms with Gasteiger partial charge in [-0.3, -0.25) is 4.79 Å². The molecule has 2 atom stereocenters. The molecule has 0 saturated heterocycles. The third-order valence-electron chi connectivity index (χ3n) is 3.10. The third-order valence-corrected chi connectivity index (χ3v) is 3.10. The number of carboxylic acid groups (broad SMARTS) is 1. The first-order valence-electron chi connectivity index (χ1n) is 5.80. The fourth-order valence-corrected chi connectivity index (χ4v) is 1.62. The number of aliphatic carboxylic acids is 1. The molecule has 1 fully saturated rings. The minimum absolute atomic E-state index is 0.00779. The zero-order valence-electron chi connectivity index (χ0n) is 10.5. The second kappa shape index (κ2) is 5.24. The van der Waals surface area contributed by atoms with Gasteiger partial charge < -0.3 is 21.5 Å². The van der Waals surface area contributed by atoms with Crippen LogP contribution in [0.5, 0.6) is 0 Å². The van der Waals surface area contributed by atoms with E-state index in [1.54, 1.807) is 0 Å². The van der Waals surface area contributed by atoms with E-state index in [1.165, 1.54) is 0 Å². The second-order valence-electron chi connectivity index (χ2n) is 5.26. The smallest absolute Gasteiger partial charge is 0.326 e. The van der Waals surface area contributed by atoms with E-state index >= 15 is 0 Å². The molecule has 0 aliphatic heterocycles. The number of carbonyl (C=O) groups is 3. The van der Waals surface area contributed by atoms with Gasteiger partial charge in [0.2, 0.25) is 5.91 Å². The number of urea groups is 1. The number of hydrogen-bond acceptors (Lipinski definition) is 3. The van der Waals surface area contributed by atoms with Gasteiger partial charge in [0, 0.05) is 12.5 Å². The van der Waals surface area contributed by atoms with Crippen LogP contribution in [0.2, 0.25) is 0 Å². The van der Waals surface area contributed by atoms with Crippen molar-refractivity contribution in [1.82, 2.24) is 10.6 Å². The molecule has 1 aliphatic carbocycles. The van der Waals surface area contributed by atoms with Crippen molar-refractivity contribution in [2.75, 3.05) is 0 Å². The van der Waals surface area contributed by atoms with Crippen LogP contribution in [0.3, 0.4) is 0 Å². The molecule has 1 rings (SSSR count). The average Bonchev–Trinajstić information content (AvgIpc) is 2.79. The molecule has 7 nitrogen and oxygen atoms in total. The molecule has 5 N–H and O–H groups in total. The summed E-state index contributed by atoms with van der Waals surface area (Å²) in [5.74, 6) is -1.77. The van der Waals surface area contributed by atoms with Crippen molar-refractivity contribution in [2.24, 2.45) is 11.1 Å². The molecule has 7 heteroatoms. The Morgan fingerprint density at radius 1 is 1.44 bits per heavy atom. The Bertz CT molecular complexity index is 367. The van der Waals surface area contributed by atoms with E-state index in [0.717, 1.165) is 6.42 Å². The summed E-state index contributed by atoms with van der Waals surface area (Å²) in [7, 11) is 0. The third kappa shape index (κ3) is 4.23. The molecule has 1 saturated carbocycles. The van der Waals surface area contributed by atoms with Crippen molar-refractivity contribution in [2.45, 2.75) is 45.2 Å². The number of carboxylic acids is 1. The quantitative estimate of drug-likeness (QED) is 0.526. The highest BCUT2D eigenvalue weighted by Crippen LogP contribution is 2.44. The molecular formula is C11H19N3O4. The summed E-state index contributed by atoms with van der Waals surface area (Å²) in [6.45, 7) is 4.03. The number of nitrogens with one attached hydrogen (secondary N) is 2. The maximum atomic E-state index is 11.5. The fraction of sp³-hybridized carbons (Fsp3) is 0.727. The summed E-state index contributed by atoms with van der Waals surface area (Å²) in [6, 6.07) is -1.55. The summed E-state index contributed by atoms with van der Waals surface area (Å²) in [5.41, 5.74) is 5.01. The van der Waals surface area contributed by atoms with Gasteiger partial charge in [-0.15, -0.1) is 0 Å². The maximum Gasteiger partial charge on any atom is 0.326 e. The van der Waals surface area contributed by atoms with Crippen LogP contribution < -0.4 is 16.4 Å². The van der Waals surface area contributed by atoms with Gasteiger partial charge in [-0.25, -0.2) is 9.59 Å². The minimum atomic E-state index is -1.18. The number of rotatable bonds is 6. The Labute approximate surface area is 105 Å². The van der Waals surface area contributed by atoms with Gasteiger partial charge in [0.15, 0.2) is 0 Å². The zero-order chi connectivity index (χ0) is 13.9. The van der Waals surface area contributed by atoms with E-state index in [-0.39, 0.29) is 24.3 Å². The predicted molar refractivity (Wildman–Crippen MR) is 63.7 cm³/mol.